The highest BCUT2D eigenvalue weighted by atomic mass is 16.3. The Kier molecular flexibility index (Phi) is 2.87. The predicted molar refractivity (Wildman–Crippen MR) is 57.4 cm³/mol. The van der Waals surface area contributed by atoms with Crippen LogP contribution < -0.4 is 5.32 Å². The number of aromatic nitrogens is 2. The molecule has 15 heavy (non-hydrogen) atoms. The van der Waals surface area contributed by atoms with Gasteiger partial charge in [-0.2, -0.15) is 5.10 Å². The van der Waals surface area contributed by atoms with E-state index in [4.69, 9.17) is 4.42 Å². The molecule has 0 spiro atoms. The molecule has 0 aliphatic carbocycles. The van der Waals surface area contributed by atoms with Gasteiger partial charge in [0, 0.05) is 13.2 Å². The van der Waals surface area contributed by atoms with Crippen molar-refractivity contribution in [2.45, 2.75) is 12.5 Å². The van der Waals surface area contributed by atoms with Crippen molar-refractivity contribution in [1.29, 1.82) is 0 Å². The van der Waals surface area contributed by atoms with Crippen molar-refractivity contribution in [2.24, 2.45) is 7.05 Å². The fourth-order valence-corrected chi connectivity index (χ4v) is 1.65. The lowest BCUT2D eigenvalue weighted by molar-refractivity contribution is 0.429. The molecule has 0 fully saturated rings. The zero-order chi connectivity index (χ0) is 10.7. The summed E-state index contributed by atoms with van der Waals surface area (Å²) < 4.78 is 7.19. The molecule has 0 amide bonds. The van der Waals surface area contributed by atoms with Gasteiger partial charge in [-0.05, 0) is 31.2 Å². The van der Waals surface area contributed by atoms with Crippen molar-refractivity contribution in [1.82, 2.24) is 15.1 Å². The molecule has 0 bridgehead atoms. The van der Waals surface area contributed by atoms with Crippen LogP contribution in [0, 0.1) is 0 Å². The minimum atomic E-state index is 0.212. The van der Waals surface area contributed by atoms with Crippen molar-refractivity contribution in [2.75, 3.05) is 7.05 Å². The smallest absolute Gasteiger partial charge is 0.121 e. The van der Waals surface area contributed by atoms with Gasteiger partial charge in [0.25, 0.3) is 0 Å². The SMILES string of the molecule is CNC(Cc1cnn(C)c1)c1ccco1. The molecule has 4 nitrogen and oxygen atoms in total. The van der Waals surface area contributed by atoms with Crippen LogP contribution in [0.25, 0.3) is 0 Å². The van der Waals surface area contributed by atoms with Crippen LogP contribution in [0.2, 0.25) is 0 Å². The molecule has 1 unspecified atom stereocenters. The van der Waals surface area contributed by atoms with E-state index in [9.17, 15) is 0 Å². The molecular weight excluding hydrogens is 190 g/mol. The van der Waals surface area contributed by atoms with Crippen LogP contribution in [0.1, 0.15) is 17.4 Å². The van der Waals surface area contributed by atoms with Crippen molar-refractivity contribution in [3.63, 3.8) is 0 Å². The average molecular weight is 205 g/mol. The molecule has 0 saturated carbocycles. The minimum absolute atomic E-state index is 0.212. The lowest BCUT2D eigenvalue weighted by Crippen LogP contribution is -2.17. The Morgan fingerprint density at radius 3 is 3.00 bits per heavy atom. The van der Waals surface area contributed by atoms with Gasteiger partial charge in [0.2, 0.25) is 0 Å². The molecule has 80 valence electrons. The molecule has 2 rings (SSSR count). The normalized spacial score (nSPS) is 12.9. The first-order chi connectivity index (χ1) is 7.29. The summed E-state index contributed by atoms with van der Waals surface area (Å²) in [5.41, 5.74) is 1.20. The Hall–Kier alpha value is -1.55. The summed E-state index contributed by atoms with van der Waals surface area (Å²) in [4.78, 5) is 0. The summed E-state index contributed by atoms with van der Waals surface area (Å²) in [5, 5.41) is 7.37. The van der Waals surface area contributed by atoms with Crippen molar-refractivity contribution in [3.05, 3.63) is 42.1 Å². The molecule has 4 heteroatoms. The second-order valence-corrected chi connectivity index (χ2v) is 3.58. The Morgan fingerprint density at radius 2 is 2.47 bits per heavy atom. The second-order valence-electron chi connectivity index (χ2n) is 3.58. The standard InChI is InChI=1S/C11H15N3O/c1-12-10(11-4-3-5-15-11)6-9-7-13-14(2)8-9/h3-5,7-8,10,12H,6H2,1-2H3. The van der Waals surface area contributed by atoms with Gasteiger partial charge in [-0.1, -0.05) is 0 Å². The van der Waals surface area contributed by atoms with Gasteiger partial charge >= 0.3 is 0 Å². The number of hydrogen-bond acceptors (Lipinski definition) is 3. The molecule has 2 aromatic heterocycles. The number of aryl methyl sites for hydroxylation is 1. The van der Waals surface area contributed by atoms with Crippen LogP contribution in [0.3, 0.4) is 0 Å². The van der Waals surface area contributed by atoms with E-state index in [-0.39, 0.29) is 6.04 Å². The molecule has 0 saturated heterocycles. The Bertz CT molecular complexity index is 405. The largest absolute Gasteiger partial charge is 0.468 e. The number of likely N-dealkylation sites (N-methyl/N-ethyl adjacent to an activating group) is 1. The third-order valence-corrected chi connectivity index (χ3v) is 2.43. The van der Waals surface area contributed by atoms with E-state index >= 15 is 0 Å². The molecule has 2 heterocycles. The minimum Gasteiger partial charge on any atom is -0.468 e. The Morgan fingerprint density at radius 1 is 1.60 bits per heavy atom. The molecule has 0 aromatic carbocycles. The molecule has 1 atom stereocenters. The van der Waals surface area contributed by atoms with Crippen molar-refractivity contribution < 1.29 is 4.42 Å². The lowest BCUT2D eigenvalue weighted by Gasteiger charge is -2.11. The van der Waals surface area contributed by atoms with Crippen LogP contribution in [0.5, 0.6) is 0 Å². The lowest BCUT2D eigenvalue weighted by atomic mass is 10.1. The summed E-state index contributed by atoms with van der Waals surface area (Å²) in [6.07, 6.45) is 6.49. The van der Waals surface area contributed by atoms with Gasteiger partial charge in [0.15, 0.2) is 0 Å². The van der Waals surface area contributed by atoms with E-state index in [1.165, 1.54) is 5.56 Å². The fourth-order valence-electron chi connectivity index (χ4n) is 1.65. The zero-order valence-electron chi connectivity index (χ0n) is 8.97. The summed E-state index contributed by atoms with van der Waals surface area (Å²) in [6, 6.07) is 4.10. The molecular formula is C11H15N3O. The van der Waals surface area contributed by atoms with Crippen LogP contribution in [0.15, 0.2) is 35.2 Å². The maximum atomic E-state index is 5.38. The first-order valence-corrected chi connectivity index (χ1v) is 4.98. The summed E-state index contributed by atoms with van der Waals surface area (Å²) in [6.45, 7) is 0. The Balaban J connectivity index is 2.09. The molecule has 0 aliphatic heterocycles. The number of nitrogens with zero attached hydrogens (tertiary/aromatic N) is 2. The van der Waals surface area contributed by atoms with Gasteiger partial charge in [-0.15, -0.1) is 0 Å². The summed E-state index contributed by atoms with van der Waals surface area (Å²) >= 11 is 0. The van der Waals surface area contributed by atoms with Gasteiger partial charge in [-0.25, -0.2) is 0 Å². The third-order valence-electron chi connectivity index (χ3n) is 2.43. The highest BCUT2D eigenvalue weighted by Gasteiger charge is 2.13. The number of furan rings is 1. The zero-order valence-corrected chi connectivity index (χ0v) is 8.97. The summed E-state index contributed by atoms with van der Waals surface area (Å²) in [7, 11) is 3.86. The van der Waals surface area contributed by atoms with Crippen molar-refractivity contribution >= 4 is 0 Å². The monoisotopic (exact) mass is 205 g/mol. The molecule has 0 aliphatic rings. The van der Waals surface area contributed by atoms with Gasteiger partial charge in [-0.3, -0.25) is 4.68 Å². The van der Waals surface area contributed by atoms with E-state index in [1.54, 1.807) is 6.26 Å². The highest BCUT2D eigenvalue weighted by Crippen LogP contribution is 2.17. The highest BCUT2D eigenvalue weighted by molar-refractivity contribution is 5.12. The van der Waals surface area contributed by atoms with E-state index in [0.717, 1.165) is 12.2 Å². The summed E-state index contributed by atoms with van der Waals surface area (Å²) in [5.74, 6) is 0.960. The quantitative estimate of drug-likeness (QED) is 0.822. The average Bonchev–Trinajstić information content (AvgIpc) is 2.85. The van der Waals surface area contributed by atoms with Crippen molar-refractivity contribution in [3.8, 4) is 0 Å². The molecule has 1 N–H and O–H groups in total. The first kappa shape index (κ1) is 9.98. The van der Waals surface area contributed by atoms with Gasteiger partial charge in [0.1, 0.15) is 5.76 Å². The number of nitrogens with one attached hydrogen (secondary N) is 1. The predicted octanol–water partition coefficient (Wildman–Crippen LogP) is 1.52. The topological polar surface area (TPSA) is 43.0 Å². The van der Waals surface area contributed by atoms with E-state index in [1.807, 2.05) is 43.3 Å². The maximum absolute atomic E-state index is 5.38. The van der Waals surface area contributed by atoms with Crippen LogP contribution in [0.4, 0.5) is 0 Å². The van der Waals surface area contributed by atoms with E-state index < -0.39 is 0 Å². The number of hydrogen-bond donors (Lipinski definition) is 1. The molecule has 0 radical (unpaired) electrons. The van der Waals surface area contributed by atoms with Crippen LogP contribution in [-0.2, 0) is 13.5 Å². The van der Waals surface area contributed by atoms with Gasteiger partial charge < -0.3 is 9.73 Å². The third kappa shape index (κ3) is 2.27. The van der Waals surface area contributed by atoms with Crippen LogP contribution >= 0.6 is 0 Å². The van der Waals surface area contributed by atoms with E-state index in [2.05, 4.69) is 10.4 Å². The first-order valence-electron chi connectivity index (χ1n) is 4.98. The maximum Gasteiger partial charge on any atom is 0.121 e. The van der Waals surface area contributed by atoms with Crippen LogP contribution in [-0.4, -0.2) is 16.8 Å². The molecule has 2 aromatic rings. The fraction of sp³-hybridized carbons (Fsp3) is 0.364. The Labute approximate surface area is 88.9 Å². The van der Waals surface area contributed by atoms with Gasteiger partial charge in [0.05, 0.1) is 18.5 Å². The number of rotatable bonds is 4. The van der Waals surface area contributed by atoms with E-state index in [0.29, 0.717) is 0 Å². The second kappa shape index (κ2) is 4.31.